The number of esters is 1. The number of carbonyl (C=O) groups is 2. The summed E-state index contributed by atoms with van der Waals surface area (Å²) in [5.74, 6) is -1.80. The minimum absolute atomic E-state index is 0.00510. The summed E-state index contributed by atoms with van der Waals surface area (Å²) < 4.78 is 4.78. The number of aryl methyl sites for hydroxylation is 1. The Morgan fingerprint density at radius 1 is 1.07 bits per heavy atom. The van der Waals surface area contributed by atoms with E-state index in [-0.39, 0.29) is 12.0 Å². The predicted octanol–water partition coefficient (Wildman–Crippen LogP) is 1.49. The first-order valence-electron chi connectivity index (χ1n) is 8.09. The highest BCUT2D eigenvalue weighted by atomic mass is 16.5. The number of ether oxygens (including phenoxy) is 1. The van der Waals surface area contributed by atoms with Crippen molar-refractivity contribution in [1.29, 1.82) is 0 Å². The molecule has 0 aliphatic carbocycles. The normalized spacial score (nSPS) is 10.7. The SMILES string of the molecule is COC(=O)c1cccc2cc(CCc3c(C(=O)O)[nH]c(=O)[nH]c3=O)ccc12. The molecule has 0 amide bonds. The summed E-state index contributed by atoms with van der Waals surface area (Å²) in [6.45, 7) is 0. The molecule has 0 saturated heterocycles. The molecule has 0 aliphatic rings. The number of hydrogen-bond donors (Lipinski definition) is 3. The number of aromatic nitrogens is 2. The van der Waals surface area contributed by atoms with E-state index in [1.54, 1.807) is 24.3 Å². The average molecular weight is 368 g/mol. The Hall–Kier alpha value is -3.68. The van der Waals surface area contributed by atoms with Gasteiger partial charge in [0.05, 0.1) is 12.7 Å². The van der Waals surface area contributed by atoms with Crippen LogP contribution in [0, 0.1) is 0 Å². The van der Waals surface area contributed by atoms with E-state index in [0.29, 0.717) is 12.0 Å². The van der Waals surface area contributed by atoms with E-state index in [9.17, 15) is 24.3 Å². The van der Waals surface area contributed by atoms with Gasteiger partial charge in [0.1, 0.15) is 5.69 Å². The first-order valence-corrected chi connectivity index (χ1v) is 8.09. The number of rotatable bonds is 5. The molecule has 0 atom stereocenters. The summed E-state index contributed by atoms with van der Waals surface area (Å²) in [6.07, 6.45) is 0.518. The number of carboxylic acid groups (broad SMARTS) is 1. The van der Waals surface area contributed by atoms with Crippen LogP contribution >= 0.6 is 0 Å². The second kappa shape index (κ2) is 7.28. The summed E-state index contributed by atoms with van der Waals surface area (Å²) in [5, 5.41) is 10.8. The second-order valence-electron chi connectivity index (χ2n) is 5.92. The topological polar surface area (TPSA) is 129 Å². The van der Waals surface area contributed by atoms with Crippen molar-refractivity contribution in [1.82, 2.24) is 9.97 Å². The van der Waals surface area contributed by atoms with E-state index in [1.165, 1.54) is 7.11 Å². The number of hydrogen-bond acceptors (Lipinski definition) is 5. The van der Waals surface area contributed by atoms with Crippen molar-refractivity contribution >= 4 is 22.7 Å². The Labute approximate surface area is 152 Å². The van der Waals surface area contributed by atoms with Gasteiger partial charge >= 0.3 is 17.6 Å². The number of carbonyl (C=O) groups excluding carboxylic acids is 1. The molecule has 3 aromatic rings. The van der Waals surface area contributed by atoms with Gasteiger partial charge in [0.2, 0.25) is 0 Å². The average Bonchev–Trinajstić information content (AvgIpc) is 2.65. The van der Waals surface area contributed by atoms with Crippen LogP contribution in [0.5, 0.6) is 0 Å². The summed E-state index contributed by atoms with van der Waals surface area (Å²) >= 11 is 0. The van der Waals surface area contributed by atoms with Crippen LogP contribution in [0.3, 0.4) is 0 Å². The molecule has 1 aromatic heterocycles. The van der Waals surface area contributed by atoms with Gasteiger partial charge in [-0.05, 0) is 35.2 Å². The van der Waals surface area contributed by atoms with Crippen LogP contribution in [0.2, 0.25) is 0 Å². The highest BCUT2D eigenvalue weighted by Gasteiger charge is 2.16. The molecule has 0 unspecified atom stereocenters. The van der Waals surface area contributed by atoms with E-state index < -0.39 is 28.9 Å². The van der Waals surface area contributed by atoms with Crippen LogP contribution in [0.15, 0.2) is 46.0 Å². The third-order valence-corrected chi connectivity index (χ3v) is 4.27. The van der Waals surface area contributed by atoms with Gasteiger partial charge in [-0.15, -0.1) is 0 Å². The second-order valence-corrected chi connectivity index (χ2v) is 5.92. The number of carboxylic acids is 1. The molecule has 0 radical (unpaired) electrons. The quantitative estimate of drug-likeness (QED) is 0.585. The molecule has 8 nitrogen and oxygen atoms in total. The third-order valence-electron chi connectivity index (χ3n) is 4.27. The van der Waals surface area contributed by atoms with Crippen LogP contribution in [0.4, 0.5) is 0 Å². The van der Waals surface area contributed by atoms with Gasteiger partial charge in [-0.25, -0.2) is 14.4 Å². The minimum Gasteiger partial charge on any atom is -0.477 e. The highest BCUT2D eigenvalue weighted by Crippen LogP contribution is 2.22. The molecule has 0 saturated carbocycles. The Bertz CT molecular complexity index is 1160. The fourth-order valence-electron chi connectivity index (χ4n) is 2.98. The van der Waals surface area contributed by atoms with E-state index in [2.05, 4.69) is 4.98 Å². The molecule has 8 heteroatoms. The van der Waals surface area contributed by atoms with Crippen molar-refractivity contribution in [2.24, 2.45) is 0 Å². The largest absolute Gasteiger partial charge is 0.477 e. The van der Waals surface area contributed by atoms with Gasteiger partial charge in [0.25, 0.3) is 5.56 Å². The number of aromatic carboxylic acids is 1. The van der Waals surface area contributed by atoms with Crippen molar-refractivity contribution < 1.29 is 19.4 Å². The van der Waals surface area contributed by atoms with Gasteiger partial charge < -0.3 is 14.8 Å². The number of methoxy groups -OCH3 is 1. The standard InChI is InChI=1S/C19H16N2O6/c1-27-18(25)13-4-2-3-11-9-10(5-7-12(11)13)6-8-14-15(17(23)24)20-19(26)21-16(14)22/h2-5,7,9H,6,8H2,1H3,(H,23,24)(H2,20,21,22,26). The van der Waals surface area contributed by atoms with E-state index in [1.807, 2.05) is 17.1 Å². The lowest BCUT2D eigenvalue weighted by atomic mass is 9.98. The lowest BCUT2D eigenvalue weighted by molar-refractivity contribution is 0.0602. The zero-order chi connectivity index (χ0) is 19.6. The summed E-state index contributed by atoms with van der Waals surface area (Å²) in [6, 6.07) is 10.7. The van der Waals surface area contributed by atoms with Gasteiger partial charge in [-0.2, -0.15) is 0 Å². The molecule has 27 heavy (non-hydrogen) atoms. The number of benzene rings is 2. The van der Waals surface area contributed by atoms with Gasteiger partial charge in [0, 0.05) is 5.56 Å². The number of nitrogens with one attached hydrogen (secondary N) is 2. The Morgan fingerprint density at radius 3 is 2.56 bits per heavy atom. The van der Waals surface area contributed by atoms with Crippen LogP contribution < -0.4 is 11.2 Å². The number of fused-ring (bicyclic) bond motifs is 1. The molecule has 1 heterocycles. The molecule has 0 fully saturated rings. The summed E-state index contributed by atoms with van der Waals surface area (Å²) in [7, 11) is 1.32. The van der Waals surface area contributed by atoms with Crippen LogP contribution in [0.1, 0.15) is 32.0 Å². The maximum atomic E-state index is 12.0. The molecule has 2 aromatic carbocycles. The zero-order valence-corrected chi connectivity index (χ0v) is 14.4. The highest BCUT2D eigenvalue weighted by molar-refractivity contribution is 6.04. The van der Waals surface area contributed by atoms with E-state index >= 15 is 0 Å². The Balaban J connectivity index is 1.93. The molecule has 3 N–H and O–H groups in total. The predicted molar refractivity (Wildman–Crippen MR) is 97.3 cm³/mol. The lowest BCUT2D eigenvalue weighted by Crippen LogP contribution is -2.30. The first kappa shape index (κ1) is 18.1. The fourth-order valence-corrected chi connectivity index (χ4v) is 2.98. The van der Waals surface area contributed by atoms with Crippen molar-refractivity contribution in [3.05, 3.63) is 79.6 Å². The maximum absolute atomic E-state index is 12.0. The van der Waals surface area contributed by atoms with Gasteiger partial charge in [0.15, 0.2) is 0 Å². The lowest BCUT2D eigenvalue weighted by Gasteiger charge is -2.08. The number of H-pyrrole nitrogens is 2. The van der Waals surface area contributed by atoms with Crippen molar-refractivity contribution in [2.45, 2.75) is 12.8 Å². The smallest absolute Gasteiger partial charge is 0.352 e. The van der Waals surface area contributed by atoms with Crippen LogP contribution in [-0.4, -0.2) is 34.1 Å². The molecule has 3 rings (SSSR count). The monoisotopic (exact) mass is 368 g/mol. The van der Waals surface area contributed by atoms with Crippen molar-refractivity contribution in [3.8, 4) is 0 Å². The van der Waals surface area contributed by atoms with Gasteiger partial charge in [-0.1, -0.05) is 30.3 Å². The van der Waals surface area contributed by atoms with Crippen molar-refractivity contribution in [2.75, 3.05) is 7.11 Å². The maximum Gasteiger partial charge on any atom is 0.352 e. The summed E-state index contributed by atoms with van der Waals surface area (Å²) in [5.41, 5.74) is -0.673. The fraction of sp³-hybridized carbons (Fsp3) is 0.158. The first-order chi connectivity index (χ1) is 12.9. The summed E-state index contributed by atoms with van der Waals surface area (Å²) in [4.78, 5) is 50.6. The molecule has 0 aliphatic heterocycles. The van der Waals surface area contributed by atoms with Crippen molar-refractivity contribution in [3.63, 3.8) is 0 Å². The van der Waals surface area contributed by atoms with Crippen LogP contribution in [0.25, 0.3) is 10.8 Å². The molecular formula is C19H16N2O6. The molecule has 138 valence electrons. The third kappa shape index (κ3) is 3.64. The molecular weight excluding hydrogens is 352 g/mol. The van der Waals surface area contributed by atoms with Gasteiger partial charge in [-0.3, -0.25) is 9.78 Å². The number of aromatic amines is 2. The van der Waals surface area contributed by atoms with Crippen LogP contribution in [-0.2, 0) is 17.6 Å². The minimum atomic E-state index is -1.37. The van der Waals surface area contributed by atoms with E-state index in [0.717, 1.165) is 16.3 Å². The Kier molecular flexibility index (Phi) is 4.89. The molecule has 0 spiro atoms. The van der Waals surface area contributed by atoms with E-state index in [4.69, 9.17) is 4.74 Å². The zero-order valence-electron chi connectivity index (χ0n) is 14.4. The molecule has 0 bridgehead atoms. The Morgan fingerprint density at radius 2 is 1.85 bits per heavy atom.